The van der Waals surface area contributed by atoms with Crippen LogP contribution >= 0.6 is 0 Å². The van der Waals surface area contributed by atoms with Gasteiger partial charge in [-0.15, -0.1) is 12.2 Å². The monoisotopic (exact) mass is 695 g/mol. The average molecular weight is 696 g/mol. The summed E-state index contributed by atoms with van der Waals surface area (Å²) >= 11 is 0. The number of nitriles is 1. The summed E-state index contributed by atoms with van der Waals surface area (Å²) in [5, 5.41) is 9.69. The number of aromatic nitrogens is 2. The molecule has 2 atom stereocenters. The number of hydrogen-bond donors (Lipinski definition) is 0. The number of fused-ring (bicyclic) bond motifs is 6. The molecule has 4 aromatic rings. The second kappa shape index (κ2) is 14.7. The lowest BCUT2D eigenvalue weighted by molar-refractivity contribution is 0.858. The van der Waals surface area contributed by atoms with E-state index in [1.54, 1.807) is 6.08 Å². The fraction of sp³-hybridized carbons (Fsp3) is 0.0816. The summed E-state index contributed by atoms with van der Waals surface area (Å²) in [5.74, 6) is 4.70. The van der Waals surface area contributed by atoms with Crippen molar-refractivity contribution < 1.29 is 0 Å². The van der Waals surface area contributed by atoms with Crippen LogP contribution in [0.3, 0.4) is 0 Å². The van der Waals surface area contributed by atoms with Crippen LogP contribution in [0.5, 0.6) is 0 Å². The zero-order valence-corrected chi connectivity index (χ0v) is 30.0. The standard InChI is InChI=1S/C49H37N5/c1-4-7-17-36(6-3)39-30-40(27-25-35(34-50)16-5-2)51-47(33-39)52-29-15-24-48(52)54-42-21-12-11-18-37(31-42)44-28-26-38-32-46(49(44)54)53(41-19-9-8-10-20-41)45-23-14-13-22-43(38)45/h3-4,7-26,28-33,37-38H,2,27H2,1H3/b7-4-,35-25+,36-17+. The zero-order valence-electron chi connectivity index (χ0n) is 30.0. The lowest BCUT2D eigenvalue weighted by Crippen LogP contribution is -2.35. The average Bonchev–Trinajstić information content (AvgIpc) is 3.51. The number of terminal acetylenes is 1. The van der Waals surface area contributed by atoms with Crippen molar-refractivity contribution in [1.29, 1.82) is 5.26 Å². The Kier molecular flexibility index (Phi) is 9.23. The van der Waals surface area contributed by atoms with Gasteiger partial charge in [-0.2, -0.15) is 5.26 Å². The van der Waals surface area contributed by atoms with E-state index in [1.165, 1.54) is 16.8 Å². The van der Waals surface area contributed by atoms with E-state index in [1.807, 2.05) is 49.6 Å². The molecule has 258 valence electrons. The van der Waals surface area contributed by atoms with Gasteiger partial charge in [0.05, 0.1) is 28.7 Å². The van der Waals surface area contributed by atoms with Crippen molar-refractivity contribution in [1.82, 2.24) is 9.55 Å². The number of pyridine rings is 1. The van der Waals surface area contributed by atoms with Gasteiger partial charge in [-0.05, 0) is 96.5 Å². The topological polar surface area (TPSA) is 48.1 Å². The van der Waals surface area contributed by atoms with Crippen molar-refractivity contribution in [3.63, 3.8) is 0 Å². The van der Waals surface area contributed by atoms with Crippen molar-refractivity contribution in [2.45, 2.75) is 19.3 Å². The number of nitrogens with zero attached hydrogens (tertiary/aromatic N) is 5. The smallest absolute Gasteiger partial charge is 0.139 e. The van der Waals surface area contributed by atoms with E-state index in [-0.39, 0.29) is 11.8 Å². The maximum atomic E-state index is 9.69. The Morgan fingerprint density at radius 2 is 1.80 bits per heavy atom. The van der Waals surface area contributed by atoms with Gasteiger partial charge in [0.2, 0.25) is 0 Å². The summed E-state index contributed by atoms with van der Waals surface area (Å²) in [6, 6.07) is 29.8. The Bertz CT molecular complexity index is 2570. The molecule has 0 N–H and O–H groups in total. The minimum atomic E-state index is 0.0793. The molecule has 0 amide bonds. The molecule has 2 aliphatic carbocycles. The minimum absolute atomic E-state index is 0.0793. The first-order valence-corrected chi connectivity index (χ1v) is 18.0. The number of anilines is 3. The maximum absolute atomic E-state index is 9.69. The predicted molar refractivity (Wildman–Crippen MR) is 221 cm³/mol. The molecule has 4 bridgehead atoms. The van der Waals surface area contributed by atoms with Gasteiger partial charge in [0, 0.05) is 47.1 Å². The predicted octanol–water partition coefficient (Wildman–Crippen LogP) is 10.9. The molecule has 2 aliphatic heterocycles. The Labute approximate surface area is 317 Å². The van der Waals surface area contributed by atoms with E-state index in [2.05, 4.69) is 154 Å². The quantitative estimate of drug-likeness (QED) is 0.0797. The van der Waals surface area contributed by atoms with Gasteiger partial charge in [-0.25, -0.2) is 4.98 Å². The Morgan fingerprint density at radius 1 is 0.944 bits per heavy atom. The second-order valence-corrected chi connectivity index (χ2v) is 13.2. The van der Waals surface area contributed by atoms with Gasteiger partial charge < -0.3 is 4.90 Å². The number of hydrogen-bond acceptors (Lipinski definition) is 4. The van der Waals surface area contributed by atoms with Crippen LogP contribution in [0.25, 0.3) is 11.4 Å². The van der Waals surface area contributed by atoms with Gasteiger partial charge in [-0.3, -0.25) is 9.47 Å². The molecule has 4 heterocycles. The minimum Gasteiger partial charge on any atom is -0.308 e. The van der Waals surface area contributed by atoms with Crippen molar-refractivity contribution in [2.75, 3.05) is 9.80 Å². The van der Waals surface area contributed by atoms with Crippen molar-refractivity contribution in [3.8, 4) is 24.2 Å². The largest absolute Gasteiger partial charge is 0.308 e. The van der Waals surface area contributed by atoms with Crippen molar-refractivity contribution in [3.05, 3.63) is 221 Å². The third kappa shape index (κ3) is 6.16. The van der Waals surface area contributed by atoms with Crippen LogP contribution in [-0.2, 0) is 6.42 Å². The highest BCUT2D eigenvalue weighted by Crippen LogP contribution is 2.50. The van der Waals surface area contributed by atoms with E-state index in [0.29, 0.717) is 17.8 Å². The molecule has 4 aliphatic rings. The fourth-order valence-electron chi connectivity index (χ4n) is 7.52. The lowest BCUT2D eigenvalue weighted by atomic mass is 9.89. The summed E-state index contributed by atoms with van der Waals surface area (Å²) in [6.07, 6.45) is 35.9. The third-order valence-corrected chi connectivity index (χ3v) is 9.92. The molecule has 0 spiro atoms. The Hall–Kier alpha value is -7.30. The third-order valence-electron chi connectivity index (χ3n) is 9.92. The summed E-state index contributed by atoms with van der Waals surface area (Å²) in [4.78, 5) is 9.95. The number of allylic oxidation sites excluding steroid dienone is 16. The molecule has 0 saturated carbocycles. The molecular formula is C49H37N5. The molecule has 0 radical (unpaired) electrons. The number of benzene rings is 2. The van der Waals surface area contributed by atoms with Crippen molar-refractivity contribution >= 4 is 22.8 Å². The van der Waals surface area contributed by atoms with Crippen LogP contribution in [0.4, 0.5) is 17.2 Å². The molecule has 0 saturated heterocycles. The van der Waals surface area contributed by atoms with Crippen LogP contribution in [0, 0.1) is 29.6 Å². The molecule has 5 heteroatoms. The highest BCUT2D eigenvalue weighted by atomic mass is 15.3. The first kappa shape index (κ1) is 33.8. The molecule has 54 heavy (non-hydrogen) atoms. The van der Waals surface area contributed by atoms with Crippen LogP contribution in [0.15, 0.2) is 205 Å². The molecule has 8 rings (SSSR count). The maximum Gasteiger partial charge on any atom is 0.139 e. The SMILES string of the molecule is C#C/C(=C\C=C/C)c1cc(C/C=C(/C#N)C=C=C)nc(-n2cccc2N2C3=CC(C=CC=C3)C3=C2C2=CC(C=C3)c3ccccc3N2c2ccccc2)c1. The molecular weight excluding hydrogens is 659 g/mol. The van der Waals surface area contributed by atoms with Gasteiger partial charge >= 0.3 is 0 Å². The Morgan fingerprint density at radius 3 is 2.61 bits per heavy atom. The van der Waals surface area contributed by atoms with Gasteiger partial charge in [0.1, 0.15) is 11.6 Å². The first-order valence-electron chi connectivity index (χ1n) is 18.0. The molecule has 5 nitrogen and oxygen atoms in total. The molecule has 2 aromatic heterocycles. The van der Waals surface area contributed by atoms with Gasteiger partial charge in [-0.1, -0.05) is 97.5 Å². The Balaban J connectivity index is 1.33. The van der Waals surface area contributed by atoms with Crippen molar-refractivity contribution in [2.24, 2.45) is 5.92 Å². The van der Waals surface area contributed by atoms with E-state index >= 15 is 0 Å². The lowest BCUT2D eigenvalue weighted by Gasteiger charge is -2.41. The number of para-hydroxylation sites is 2. The highest BCUT2D eigenvalue weighted by molar-refractivity contribution is 5.83. The summed E-state index contributed by atoms with van der Waals surface area (Å²) < 4.78 is 2.13. The van der Waals surface area contributed by atoms with Crippen LogP contribution in [0.2, 0.25) is 0 Å². The zero-order chi connectivity index (χ0) is 37.0. The van der Waals surface area contributed by atoms with Crippen LogP contribution in [-0.4, -0.2) is 9.55 Å². The summed E-state index contributed by atoms with van der Waals surface area (Å²) in [7, 11) is 0. The van der Waals surface area contributed by atoms with Gasteiger partial charge in [0.15, 0.2) is 0 Å². The van der Waals surface area contributed by atoms with E-state index < -0.39 is 0 Å². The molecule has 2 aromatic carbocycles. The van der Waals surface area contributed by atoms with E-state index in [0.717, 1.165) is 45.4 Å². The fourth-order valence-corrected chi connectivity index (χ4v) is 7.52. The van der Waals surface area contributed by atoms with Gasteiger partial charge in [0.25, 0.3) is 0 Å². The highest BCUT2D eigenvalue weighted by Gasteiger charge is 2.38. The molecule has 2 unspecified atom stereocenters. The normalized spacial score (nSPS) is 18.5. The van der Waals surface area contributed by atoms with E-state index in [4.69, 9.17) is 11.4 Å². The number of rotatable bonds is 8. The second-order valence-electron chi connectivity index (χ2n) is 13.2. The van der Waals surface area contributed by atoms with Crippen LogP contribution in [0.1, 0.15) is 29.7 Å². The van der Waals surface area contributed by atoms with E-state index in [9.17, 15) is 5.26 Å². The summed E-state index contributed by atoms with van der Waals surface area (Å²) in [5.41, 5.74) is 13.6. The summed E-state index contributed by atoms with van der Waals surface area (Å²) in [6.45, 7) is 5.60. The van der Waals surface area contributed by atoms with Crippen LogP contribution < -0.4 is 9.80 Å². The first-order chi connectivity index (χ1) is 26.6. The molecule has 0 fully saturated rings.